The minimum Gasteiger partial charge on any atom is -0.493 e. The number of carboxylic acid groups (broad SMARTS) is 1. The number of hydrogen-bond acceptors (Lipinski definition) is 3. The molecule has 1 aliphatic heterocycles. The predicted octanol–water partition coefficient (Wildman–Crippen LogP) is 2.85. The van der Waals surface area contributed by atoms with Crippen LogP contribution in [0, 0.1) is 11.8 Å². The van der Waals surface area contributed by atoms with Gasteiger partial charge in [0.05, 0.1) is 6.61 Å². The average molecular weight is 277 g/mol. The first-order valence-electron chi connectivity index (χ1n) is 7.19. The Morgan fingerprint density at radius 2 is 2.15 bits per heavy atom. The van der Waals surface area contributed by atoms with Gasteiger partial charge in [-0.05, 0) is 18.4 Å². The molecule has 0 spiro atoms. The van der Waals surface area contributed by atoms with Gasteiger partial charge in [-0.2, -0.15) is 0 Å². The molecule has 1 heterocycles. The highest BCUT2D eigenvalue weighted by molar-refractivity contribution is 5.73. The van der Waals surface area contributed by atoms with E-state index in [1.54, 1.807) is 0 Å². The molecule has 0 radical (unpaired) electrons. The normalized spacial score (nSPS) is 23.0. The summed E-state index contributed by atoms with van der Waals surface area (Å²) in [5, 5.41) is 12.7. The molecule has 20 heavy (non-hydrogen) atoms. The first kappa shape index (κ1) is 14.9. The summed E-state index contributed by atoms with van der Waals surface area (Å²) < 4.78 is 5.70. The number of nitrogens with one attached hydrogen (secondary N) is 1. The number of hydrogen-bond donors (Lipinski definition) is 2. The molecule has 2 rings (SSSR count). The Labute approximate surface area is 120 Å². The minimum absolute atomic E-state index is 0.0276. The molecule has 2 N–H and O–H groups in total. The summed E-state index contributed by atoms with van der Waals surface area (Å²) in [6, 6.07) is 7.36. The second kappa shape index (κ2) is 6.27. The van der Waals surface area contributed by atoms with E-state index in [0.717, 1.165) is 11.3 Å². The van der Waals surface area contributed by atoms with Gasteiger partial charge < -0.3 is 9.84 Å². The van der Waals surface area contributed by atoms with Crippen molar-refractivity contribution < 1.29 is 14.6 Å². The van der Waals surface area contributed by atoms with Crippen LogP contribution in [-0.4, -0.2) is 23.7 Å². The van der Waals surface area contributed by atoms with Crippen LogP contribution in [0.25, 0.3) is 0 Å². The fourth-order valence-corrected chi connectivity index (χ4v) is 2.68. The number of ether oxygens (including phenoxy) is 1. The first-order valence-corrected chi connectivity index (χ1v) is 7.19. The molecule has 3 unspecified atom stereocenters. The lowest BCUT2D eigenvalue weighted by Crippen LogP contribution is -2.44. The molecule has 1 aliphatic rings. The minimum atomic E-state index is -0.783. The van der Waals surface area contributed by atoms with Crippen molar-refractivity contribution in [3.63, 3.8) is 0 Å². The fraction of sp³-hybridized carbons (Fsp3) is 0.562. The van der Waals surface area contributed by atoms with Crippen molar-refractivity contribution in [1.29, 1.82) is 0 Å². The third kappa shape index (κ3) is 3.31. The molecule has 1 aromatic rings. The number of rotatable bonds is 5. The summed E-state index contributed by atoms with van der Waals surface area (Å²) in [6.45, 7) is 6.78. The third-order valence-corrected chi connectivity index (χ3v) is 3.71. The van der Waals surface area contributed by atoms with Crippen molar-refractivity contribution in [2.24, 2.45) is 11.8 Å². The van der Waals surface area contributed by atoms with Crippen molar-refractivity contribution in [2.75, 3.05) is 6.61 Å². The summed E-state index contributed by atoms with van der Waals surface area (Å²) in [5.41, 5.74) is 1.06. The Balaban J connectivity index is 2.20. The molecule has 3 atom stereocenters. The summed E-state index contributed by atoms with van der Waals surface area (Å²) in [5.74, 6) is 0.666. The van der Waals surface area contributed by atoms with Crippen LogP contribution in [0.4, 0.5) is 0 Å². The Kier molecular flexibility index (Phi) is 4.65. The molecule has 0 saturated heterocycles. The summed E-state index contributed by atoms with van der Waals surface area (Å²) in [7, 11) is 0. The number of aliphatic carboxylic acids is 1. The zero-order valence-electron chi connectivity index (χ0n) is 12.3. The maximum Gasteiger partial charge on any atom is 0.320 e. The molecule has 4 heteroatoms. The molecule has 110 valence electrons. The van der Waals surface area contributed by atoms with Crippen LogP contribution in [0.5, 0.6) is 5.75 Å². The third-order valence-electron chi connectivity index (χ3n) is 3.71. The Bertz CT molecular complexity index is 473. The molecular weight excluding hydrogens is 254 g/mol. The van der Waals surface area contributed by atoms with E-state index in [-0.39, 0.29) is 12.0 Å². The molecule has 0 aliphatic carbocycles. The number of fused-ring (bicyclic) bond motifs is 1. The van der Waals surface area contributed by atoms with E-state index in [2.05, 4.69) is 12.2 Å². The van der Waals surface area contributed by atoms with E-state index in [1.165, 1.54) is 0 Å². The lowest BCUT2D eigenvalue weighted by Gasteiger charge is -2.34. The van der Waals surface area contributed by atoms with Crippen LogP contribution >= 0.6 is 0 Å². The highest BCUT2D eigenvalue weighted by Gasteiger charge is 2.31. The monoisotopic (exact) mass is 277 g/mol. The fourth-order valence-electron chi connectivity index (χ4n) is 2.68. The van der Waals surface area contributed by atoms with Crippen molar-refractivity contribution in [3.8, 4) is 5.75 Å². The standard InChI is InChI=1S/C16H23NO3/c1-10(2)8-13(16(18)19)17-15-11(3)9-20-14-7-5-4-6-12(14)15/h4-7,10-11,13,15,17H,8-9H2,1-3H3,(H,18,19). The molecule has 0 fully saturated rings. The topological polar surface area (TPSA) is 58.6 Å². The lowest BCUT2D eigenvalue weighted by atomic mass is 9.90. The molecule has 0 bridgehead atoms. The van der Waals surface area contributed by atoms with Gasteiger partial charge in [0, 0.05) is 17.5 Å². The molecule has 0 aromatic heterocycles. The first-order chi connectivity index (χ1) is 9.49. The van der Waals surface area contributed by atoms with E-state index < -0.39 is 12.0 Å². The van der Waals surface area contributed by atoms with Crippen LogP contribution < -0.4 is 10.1 Å². The van der Waals surface area contributed by atoms with Crippen LogP contribution in [0.15, 0.2) is 24.3 Å². The van der Waals surface area contributed by atoms with Gasteiger partial charge in [-0.25, -0.2) is 0 Å². The maximum absolute atomic E-state index is 11.4. The van der Waals surface area contributed by atoms with Crippen LogP contribution in [0.1, 0.15) is 38.8 Å². The summed E-state index contributed by atoms with van der Waals surface area (Å²) in [6.07, 6.45) is 0.627. The van der Waals surface area contributed by atoms with Gasteiger partial charge in [-0.3, -0.25) is 10.1 Å². The Morgan fingerprint density at radius 3 is 2.80 bits per heavy atom. The van der Waals surface area contributed by atoms with E-state index in [9.17, 15) is 9.90 Å². The average Bonchev–Trinajstić information content (AvgIpc) is 2.40. The molecule has 4 nitrogen and oxygen atoms in total. The van der Waals surface area contributed by atoms with E-state index >= 15 is 0 Å². The highest BCUT2D eigenvalue weighted by atomic mass is 16.5. The van der Waals surface area contributed by atoms with Gasteiger partial charge in [-0.15, -0.1) is 0 Å². The smallest absolute Gasteiger partial charge is 0.320 e. The second-order valence-corrected chi connectivity index (χ2v) is 5.99. The second-order valence-electron chi connectivity index (χ2n) is 5.99. The maximum atomic E-state index is 11.4. The zero-order chi connectivity index (χ0) is 14.7. The Morgan fingerprint density at radius 1 is 1.45 bits per heavy atom. The van der Waals surface area contributed by atoms with Gasteiger partial charge in [0.25, 0.3) is 0 Å². The van der Waals surface area contributed by atoms with E-state index in [4.69, 9.17) is 4.74 Å². The molecule has 0 amide bonds. The zero-order valence-corrected chi connectivity index (χ0v) is 12.3. The van der Waals surface area contributed by atoms with E-state index in [0.29, 0.717) is 18.9 Å². The summed E-state index contributed by atoms with van der Waals surface area (Å²) >= 11 is 0. The van der Waals surface area contributed by atoms with Crippen molar-refractivity contribution in [2.45, 2.75) is 39.3 Å². The Hall–Kier alpha value is -1.55. The predicted molar refractivity (Wildman–Crippen MR) is 77.9 cm³/mol. The number of para-hydroxylation sites is 1. The van der Waals surface area contributed by atoms with Gasteiger partial charge in [0.1, 0.15) is 11.8 Å². The molecule has 1 aromatic carbocycles. The van der Waals surface area contributed by atoms with E-state index in [1.807, 2.05) is 38.1 Å². The van der Waals surface area contributed by atoms with Crippen LogP contribution in [0.2, 0.25) is 0 Å². The SMILES string of the molecule is CC(C)CC(NC1c2ccccc2OCC1C)C(=O)O. The van der Waals surface area contributed by atoms with Gasteiger partial charge in [0.2, 0.25) is 0 Å². The van der Waals surface area contributed by atoms with Crippen molar-refractivity contribution in [3.05, 3.63) is 29.8 Å². The molecular formula is C16H23NO3. The quantitative estimate of drug-likeness (QED) is 0.869. The molecule has 0 saturated carbocycles. The van der Waals surface area contributed by atoms with Crippen LogP contribution in [-0.2, 0) is 4.79 Å². The summed E-state index contributed by atoms with van der Waals surface area (Å²) in [4.78, 5) is 11.4. The number of carbonyl (C=O) groups is 1. The van der Waals surface area contributed by atoms with Gasteiger partial charge >= 0.3 is 5.97 Å². The lowest BCUT2D eigenvalue weighted by molar-refractivity contribution is -0.140. The van der Waals surface area contributed by atoms with Crippen LogP contribution in [0.3, 0.4) is 0 Å². The van der Waals surface area contributed by atoms with Crippen molar-refractivity contribution >= 4 is 5.97 Å². The van der Waals surface area contributed by atoms with Crippen molar-refractivity contribution in [1.82, 2.24) is 5.32 Å². The number of benzene rings is 1. The number of carboxylic acids is 1. The largest absolute Gasteiger partial charge is 0.493 e. The highest BCUT2D eigenvalue weighted by Crippen LogP contribution is 2.35. The van der Waals surface area contributed by atoms with Gasteiger partial charge in [-0.1, -0.05) is 39.0 Å². The van der Waals surface area contributed by atoms with Gasteiger partial charge in [0.15, 0.2) is 0 Å².